The molecule has 6 rings (SSSR count). The average molecular weight is 658 g/mol. The highest BCUT2D eigenvalue weighted by Crippen LogP contribution is 2.46. The van der Waals surface area contributed by atoms with Crippen LogP contribution in [0.25, 0.3) is 0 Å². The first-order valence-corrected chi connectivity index (χ1v) is 15.3. The SMILES string of the molecule is CC(=O)Oc1ccc2c(c1)C(=O)c1c(CC3=CCN=C3)c(O[C@H]3O[C@@H](C)[C@@H](O)[C@@H](O)[C@H]3O)c(Cc3cccc(C(N)N)c3)c(O)c1C2=O. The lowest BCUT2D eigenvalue weighted by molar-refractivity contribution is -0.268. The monoisotopic (exact) mass is 657 g/mol. The number of allylic oxidation sites excluding steroid dienone is 1. The van der Waals surface area contributed by atoms with Crippen LogP contribution in [0.4, 0.5) is 0 Å². The predicted molar refractivity (Wildman–Crippen MR) is 171 cm³/mol. The third kappa shape index (κ3) is 6.03. The maximum atomic E-state index is 14.4. The number of phenols is 1. The minimum absolute atomic E-state index is 0.000937. The lowest BCUT2D eigenvalue weighted by atomic mass is 9.77. The number of hydrogen-bond acceptors (Lipinski definition) is 13. The number of phenolic OH excluding ortho intramolecular Hbond substituents is 1. The largest absolute Gasteiger partial charge is 0.507 e. The molecular formula is C35H35N3O10. The number of carbonyl (C=O) groups is 3. The molecule has 8 N–H and O–H groups in total. The Morgan fingerprint density at radius 2 is 1.73 bits per heavy atom. The van der Waals surface area contributed by atoms with Gasteiger partial charge >= 0.3 is 5.97 Å². The van der Waals surface area contributed by atoms with E-state index >= 15 is 0 Å². The fourth-order valence-electron chi connectivity index (χ4n) is 6.23. The molecule has 250 valence electrons. The second-order valence-electron chi connectivity index (χ2n) is 12.0. The zero-order chi connectivity index (χ0) is 34.4. The molecule has 2 heterocycles. The van der Waals surface area contributed by atoms with Crippen molar-refractivity contribution in [1.82, 2.24) is 0 Å². The summed E-state index contributed by atoms with van der Waals surface area (Å²) in [5, 5.41) is 43.8. The van der Waals surface area contributed by atoms with Crippen LogP contribution in [0.1, 0.15) is 74.1 Å². The number of nitrogens with two attached hydrogens (primary N) is 2. The summed E-state index contributed by atoms with van der Waals surface area (Å²) in [4.78, 5) is 44.5. The number of aliphatic imine (C=N–C) groups is 1. The number of aliphatic hydroxyl groups excluding tert-OH is 3. The van der Waals surface area contributed by atoms with Crippen molar-refractivity contribution < 1.29 is 49.0 Å². The Morgan fingerprint density at radius 3 is 2.42 bits per heavy atom. The molecule has 0 amide bonds. The smallest absolute Gasteiger partial charge is 0.308 e. The summed E-state index contributed by atoms with van der Waals surface area (Å²) >= 11 is 0. The van der Waals surface area contributed by atoms with Gasteiger partial charge in [0.2, 0.25) is 6.29 Å². The third-order valence-corrected chi connectivity index (χ3v) is 8.67. The summed E-state index contributed by atoms with van der Waals surface area (Å²) in [6.45, 7) is 3.08. The van der Waals surface area contributed by atoms with Crippen molar-refractivity contribution in [3.63, 3.8) is 0 Å². The zero-order valence-corrected chi connectivity index (χ0v) is 26.1. The lowest BCUT2D eigenvalue weighted by Gasteiger charge is -2.39. The lowest BCUT2D eigenvalue weighted by Crippen LogP contribution is -2.58. The van der Waals surface area contributed by atoms with Crippen LogP contribution in [0.15, 0.2) is 59.1 Å². The van der Waals surface area contributed by atoms with Gasteiger partial charge in [0.15, 0.2) is 11.6 Å². The van der Waals surface area contributed by atoms with Crippen molar-refractivity contribution in [2.24, 2.45) is 16.5 Å². The van der Waals surface area contributed by atoms with E-state index in [2.05, 4.69) is 4.99 Å². The Bertz CT molecular complexity index is 1880. The summed E-state index contributed by atoms with van der Waals surface area (Å²) in [5.74, 6) is -2.47. The number of rotatable bonds is 8. The van der Waals surface area contributed by atoms with E-state index in [1.807, 2.05) is 6.08 Å². The molecule has 13 heteroatoms. The van der Waals surface area contributed by atoms with Gasteiger partial charge in [-0.3, -0.25) is 19.4 Å². The summed E-state index contributed by atoms with van der Waals surface area (Å²) in [5.41, 5.74) is 13.6. The maximum Gasteiger partial charge on any atom is 0.308 e. The van der Waals surface area contributed by atoms with Gasteiger partial charge in [-0.25, -0.2) is 0 Å². The topological polar surface area (TPSA) is 224 Å². The molecule has 5 atom stereocenters. The van der Waals surface area contributed by atoms with E-state index in [0.29, 0.717) is 23.2 Å². The van der Waals surface area contributed by atoms with E-state index < -0.39 is 60.2 Å². The van der Waals surface area contributed by atoms with Crippen molar-refractivity contribution in [2.45, 2.75) is 63.6 Å². The first-order valence-electron chi connectivity index (χ1n) is 15.3. The van der Waals surface area contributed by atoms with Gasteiger partial charge in [-0.2, -0.15) is 0 Å². The predicted octanol–water partition coefficient (Wildman–Crippen LogP) is 1.36. The molecule has 13 nitrogen and oxygen atoms in total. The van der Waals surface area contributed by atoms with Gasteiger partial charge in [-0.05, 0) is 41.8 Å². The van der Waals surface area contributed by atoms with E-state index in [4.69, 9.17) is 25.7 Å². The molecule has 0 unspecified atom stereocenters. The van der Waals surface area contributed by atoms with Gasteiger partial charge < -0.3 is 46.1 Å². The Kier molecular flexibility index (Phi) is 9.00. The maximum absolute atomic E-state index is 14.4. The number of aromatic hydroxyl groups is 1. The second-order valence-corrected chi connectivity index (χ2v) is 12.0. The molecule has 2 aliphatic heterocycles. The number of benzene rings is 3. The molecular weight excluding hydrogens is 622 g/mol. The van der Waals surface area contributed by atoms with Crippen molar-refractivity contribution in [3.8, 4) is 17.2 Å². The quantitative estimate of drug-likeness (QED) is 0.0898. The van der Waals surface area contributed by atoms with Gasteiger partial charge in [-0.1, -0.05) is 30.3 Å². The number of fused-ring (bicyclic) bond motifs is 2. The highest BCUT2D eigenvalue weighted by molar-refractivity contribution is 6.30. The van der Waals surface area contributed by atoms with E-state index in [1.165, 1.54) is 32.0 Å². The molecule has 3 aromatic carbocycles. The highest BCUT2D eigenvalue weighted by atomic mass is 16.7. The minimum atomic E-state index is -1.73. The molecule has 1 saturated heterocycles. The van der Waals surface area contributed by atoms with Crippen molar-refractivity contribution in [1.29, 1.82) is 0 Å². The fourth-order valence-corrected chi connectivity index (χ4v) is 6.23. The number of esters is 1. The molecule has 1 fully saturated rings. The number of aliphatic hydroxyl groups is 3. The van der Waals surface area contributed by atoms with Crippen LogP contribution in [0.2, 0.25) is 0 Å². The second kappa shape index (κ2) is 13.0. The summed E-state index contributed by atoms with van der Waals surface area (Å²) < 4.78 is 17.3. The number of ether oxygens (including phenoxy) is 3. The van der Waals surface area contributed by atoms with Crippen LogP contribution in [-0.2, 0) is 22.4 Å². The van der Waals surface area contributed by atoms with Crippen molar-refractivity contribution in [2.75, 3.05) is 6.54 Å². The van der Waals surface area contributed by atoms with Gasteiger partial charge in [0.1, 0.15) is 35.6 Å². The normalized spacial score (nSPS) is 23.2. The zero-order valence-electron chi connectivity index (χ0n) is 26.1. The minimum Gasteiger partial charge on any atom is -0.507 e. The van der Waals surface area contributed by atoms with E-state index in [0.717, 1.165) is 0 Å². The molecule has 0 saturated carbocycles. The Labute approximate surface area is 275 Å². The highest BCUT2D eigenvalue weighted by Gasteiger charge is 2.45. The van der Waals surface area contributed by atoms with Crippen LogP contribution >= 0.6 is 0 Å². The van der Waals surface area contributed by atoms with Crippen molar-refractivity contribution >= 4 is 23.8 Å². The Hall–Kier alpha value is -4.76. The summed E-state index contributed by atoms with van der Waals surface area (Å²) in [6, 6.07) is 11.0. The van der Waals surface area contributed by atoms with Gasteiger partial charge in [0, 0.05) is 53.8 Å². The molecule has 1 aliphatic carbocycles. The van der Waals surface area contributed by atoms with Crippen molar-refractivity contribution in [3.05, 3.63) is 98.6 Å². The summed E-state index contributed by atoms with van der Waals surface area (Å²) in [6.07, 6.45) is -4.69. The molecule has 0 radical (unpaired) electrons. The average Bonchev–Trinajstić information content (AvgIpc) is 3.57. The summed E-state index contributed by atoms with van der Waals surface area (Å²) in [7, 11) is 0. The number of ketones is 2. The number of nitrogens with zero attached hydrogens (tertiary/aromatic N) is 1. The first-order chi connectivity index (χ1) is 22.8. The first kappa shape index (κ1) is 33.2. The van der Waals surface area contributed by atoms with Crippen LogP contribution in [0, 0.1) is 0 Å². The molecule has 48 heavy (non-hydrogen) atoms. The van der Waals surface area contributed by atoms with Crippen LogP contribution in [0.3, 0.4) is 0 Å². The number of hydrogen-bond donors (Lipinski definition) is 6. The molecule has 0 bridgehead atoms. The van der Waals surface area contributed by atoms with Crippen LogP contribution in [-0.4, -0.2) is 81.4 Å². The molecule has 0 spiro atoms. The fraction of sp³-hybridized carbons (Fsp3) is 0.314. The third-order valence-electron chi connectivity index (χ3n) is 8.67. The molecule has 3 aliphatic rings. The van der Waals surface area contributed by atoms with Crippen LogP contribution in [0.5, 0.6) is 17.2 Å². The Morgan fingerprint density at radius 1 is 0.979 bits per heavy atom. The number of carbonyl (C=O) groups excluding carboxylic acids is 3. The van der Waals surface area contributed by atoms with Crippen LogP contribution < -0.4 is 20.9 Å². The standard InChI is InChI=1S/C35H35N3O10/c1-15-27(40)31(44)32(45)35(46-15)48-33-23(12-18-8-9-38-14-18)25-26(30(43)24(33)11-17-4-3-5-19(10-17)34(36)37)28(41)21-7-6-20(47-16(2)39)13-22(21)29(25)42/h3-8,10,13-15,27,31-32,34-35,40,43-45H,9,11-12,36-37H2,1-2H3/t15-,27+,31+,32+,35+/m0/s1. The molecule has 3 aromatic rings. The van der Waals surface area contributed by atoms with Gasteiger partial charge in [0.05, 0.1) is 24.4 Å². The molecule has 0 aromatic heterocycles. The Balaban J connectivity index is 1.60. The van der Waals surface area contributed by atoms with Gasteiger partial charge in [0.25, 0.3) is 0 Å². The van der Waals surface area contributed by atoms with E-state index in [1.54, 1.807) is 30.5 Å². The van der Waals surface area contributed by atoms with E-state index in [-0.39, 0.29) is 57.7 Å². The van der Waals surface area contributed by atoms with Gasteiger partial charge in [-0.15, -0.1) is 0 Å². The van der Waals surface area contributed by atoms with E-state index in [9.17, 15) is 34.8 Å².